The summed E-state index contributed by atoms with van der Waals surface area (Å²) in [6.07, 6.45) is 0. The zero-order chi connectivity index (χ0) is 91.0. The highest BCUT2D eigenvalue weighted by Crippen LogP contribution is 2.49. The Morgan fingerprint density at radius 3 is 0.647 bits per heavy atom. The molecule has 0 aliphatic carbocycles. The molecular weight excluding hydrogens is 1230 g/mol. The minimum absolute atomic E-state index is 0.0156. The van der Waals surface area contributed by atoms with E-state index in [4.69, 9.17) is 37.0 Å². The molecule has 0 aromatic heterocycles. The van der Waals surface area contributed by atoms with Crippen molar-refractivity contribution >= 4 is 129 Å². The molecule has 0 aliphatic heterocycles. The summed E-state index contributed by atoms with van der Waals surface area (Å²) >= 11 is 0. The molecule has 21 aromatic rings. The van der Waals surface area contributed by atoms with Gasteiger partial charge in [0.05, 0.1) is 37.0 Å². The van der Waals surface area contributed by atoms with Crippen LogP contribution >= 0.6 is 0 Å². The molecule has 0 radical (unpaired) electrons. The average Bonchev–Trinajstić information content (AvgIpc) is 0.701. The summed E-state index contributed by atoms with van der Waals surface area (Å²) in [6.45, 7) is 0. The SMILES string of the molecule is [2H]c1cc([2H])c(-c2c3c([2H])c([2H])c([2H])c([2H])c3c(-c3ccc4ccc5ccccc5c4c3)c3c([2H])c([2H])c([2H])c([2H])c23)c([2H])c1.[2H]c1cc([2H])c(-c2c3ccccc3c(-c3ccc4ccc5ccccc5c4c3)c3c([2H])c([2H])c([2H])c([2H])c23)c([2H])c1.[2H]c1ccc(-c2c3c([2H])c([2H])c([2H])c([2H])c3c(-c3ccc4ccc5ccccc5c4c3)c3c([2H])c([2H])c([2H])c([2H])c23)cc1. The first-order valence-electron chi connectivity index (χ1n) is 46.6. The van der Waals surface area contributed by atoms with Crippen molar-refractivity contribution in [1.82, 2.24) is 0 Å². The van der Waals surface area contributed by atoms with E-state index in [9.17, 15) is 0 Å². The maximum atomic E-state index is 9.10. The van der Waals surface area contributed by atoms with Crippen LogP contribution in [-0.4, -0.2) is 0 Å². The maximum absolute atomic E-state index is 9.10. The lowest BCUT2D eigenvalue weighted by molar-refractivity contribution is 1.66. The Morgan fingerprint density at radius 2 is 0.343 bits per heavy atom. The summed E-state index contributed by atoms with van der Waals surface area (Å²) in [5.74, 6) is 0. The van der Waals surface area contributed by atoms with Crippen LogP contribution in [0.2, 0.25) is 0 Å². The van der Waals surface area contributed by atoms with E-state index < -0.39 is 72.5 Å². The van der Waals surface area contributed by atoms with E-state index in [0.717, 1.165) is 75.6 Å². The summed E-state index contributed by atoms with van der Waals surface area (Å²) in [6, 6.07) is 64.0. The van der Waals surface area contributed by atoms with Gasteiger partial charge in [-0.05, 0) is 214 Å². The smallest absolute Gasteiger partial charge is 0.0622 e. The normalized spacial score (nSPS) is 15.2. The van der Waals surface area contributed by atoms with Crippen molar-refractivity contribution in [3.05, 3.63) is 400 Å². The van der Waals surface area contributed by atoms with Gasteiger partial charge in [-0.15, -0.1) is 0 Å². The van der Waals surface area contributed by atoms with Crippen molar-refractivity contribution in [1.29, 1.82) is 0 Å². The Labute approximate surface area is 630 Å². The zero-order valence-corrected chi connectivity index (χ0v) is 54.0. The van der Waals surface area contributed by atoms with Crippen molar-refractivity contribution in [2.75, 3.05) is 0 Å². The maximum Gasteiger partial charge on any atom is 0.0629 e. The first-order valence-corrected chi connectivity index (χ1v) is 33.1. The Morgan fingerprint density at radius 1 is 0.127 bits per heavy atom. The van der Waals surface area contributed by atoms with Gasteiger partial charge >= 0.3 is 0 Å². The van der Waals surface area contributed by atoms with Crippen LogP contribution in [0.25, 0.3) is 196 Å². The molecule has 0 spiro atoms. The van der Waals surface area contributed by atoms with Crippen molar-refractivity contribution in [3.8, 4) is 66.8 Å². The first kappa shape index (κ1) is 38.2. The highest BCUT2D eigenvalue weighted by molar-refractivity contribution is 6.26. The van der Waals surface area contributed by atoms with Crippen LogP contribution in [0.3, 0.4) is 0 Å². The van der Waals surface area contributed by atoms with E-state index in [-0.39, 0.29) is 167 Å². The van der Waals surface area contributed by atoms with E-state index in [0.29, 0.717) is 44.2 Å². The summed E-state index contributed by atoms with van der Waals surface area (Å²) < 4.78 is 235. The summed E-state index contributed by atoms with van der Waals surface area (Å²) in [5, 5.41) is 14.5. The quantitative estimate of drug-likeness (QED) is 0.115. The van der Waals surface area contributed by atoms with E-state index in [1.165, 1.54) is 24.3 Å². The average molecular weight is 1320 g/mol. The molecule has 0 nitrogen and oxygen atoms in total. The minimum atomic E-state index is -0.556. The second-order valence-corrected chi connectivity index (χ2v) is 24.7. The van der Waals surface area contributed by atoms with Gasteiger partial charge < -0.3 is 0 Å². The molecule has 0 bridgehead atoms. The molecule has 0 heteroatoms. The van der Waals surface area contributed by atoms with Crippen molar-refractivity contribution in [2.24, 2.45) is 0 Å². The van der Waals surface area contributed by atoms with Gasteiger partial charge in [-0.2, -0.15) is 0 Å². The summed E-state index contributed by atoms with van der Waals surface area (Å²) in [4.78, 5) is 0. The molecule has 0 fully saturated rings. The van der Waals surface area contributed by atoms with Crippen LogP contribution in [-0.2, 0) is 0 Å². The molecule has 0 N–H and O–H groups in total. The molecule has 0 heterocycles. The van der Waals surface area contributed by atoms with Crippen LogP contribution in [0.4, 0.5) is 0 Å². The Kier molecular flexibility index (Phi) is 9.57. The van der Waals surface area contributed by atoms with Gasteiger partial charge in [-0.25, -0.2) is 0 Å². The Bertz CT molecular complexity index is 8380. The molecule has 0 amide bonds. The van der Waals surface area contributed by atoms with Gasteiger partial charge in [0.2, 0.25) is 0 Å². The third kappa shape index (κ3) is 10.4. The van der Waals surface area contributed by atoms with Crippen molar-refractivity contribution < 1.29 is 37.0 Å². The van der Waals surface area contributed by atoms with Crippen LogP contribution in [0.1, 0.15) is 37.0 Å². The van der Waals surface area contributed by atoms with Gasteiger partial charge in [-0.1, -0.05) is 382 Å². The Balaban J connectivity index is 0.000000126. The highest BCUT2D eigenvalue weighted by atomic mass is 14.2. The molecule has 474 valence electrons. The highest BCUT2D eigenvalue weighted by Gasteiger charge is 2.21. The lowest BCUT2D eigenvalue weighted by Gasteiger charge is -2.18. The van der Waals surface area contributed by atoms with Gasteiger partial charge in [0, 0.05) is 0 Å². The fraction of sp³-hybridized carbons (Fsp3) is 0. The van der Waals surface area contributed by atoms with Crippen LogP contribution in [0, 0.1) is 0 Å². The molecule has 0 aliphatic rings. The fourth-order valence-electron chi connectivity index (χ4n) is 14.7. The molecule has 0 saturated carbocycles. The van der Waals surface area contributed by atoms with Crippen molar-refractivity contribution in [2.45, 2.75) is 0 Å². The predicted molar refractivity (Wildman–Crippen MR) is 442 cm³/mol. The number of hydrogen-bond acceptors (Lipinski definition) is 0. The number of benzene rings is 21. The summed E-state index contributed by atoms with van der Waals surface area (Å²) in [7, 11) is 0. The van der Waals surface area contributed by atoms with Crippen LogP contribution < -0.4 is 0 Å². The largest absolute Gasteiger partial charge is 0.0629 e. The molecule has 0 unspecified atom stereocenters. The van der Waals surface area contributed by atoms with Gasteiger partial charge in [0.15, 0.2) is 0 Å². The minimum Gasteiger partial charge on any atom is -0.0622 e. The Hall–Kier alpha value is -13.3. The molecule has 21 rings (SSSR count). The molecular formula is C102H66. The topological polar surface area (TPSA) is 0 Å². The second-order valence-electron chi connectivity index (χ2n) is 24.7. The van der Waals surface area contributed by atoms with E-state index in [1.54, 1.807) is 30.3 Å². The molecule has 102 heavy (non-hydrogen) atoms. The van der Waals surface area contributed by atoms with Crippen molar-refractivity contribution in [3.63, 3.8) is 0 Å². The molecule has 21 aromatic carbocycles. The fourth-order valence-corrected chi connectivity index (χ4v) is 14.7. The number of fused-ring (bicyclic) bond motifs is 15. The number of rotatable bonds is 6. The predicted octanol–water partition coefficient (Wildman–Crippen LogP) is 28.9. The van der Waals surface area contributed by atoms with Crippen LogP contribution in [0.5, 0.6) is 0 Å². The molecule has 0 saturated heterocycles. The van der Waals surface area contributed by atoms with E-state index in [2.05, 4.69) is 30.3 Å². The van der Waals surface area contributed by atoms with Gasteiger partial charge in [0.25, 0.3) is 0 Å². The lowest BCUT2D eigenvalue weighted by Crippen LogP contribution is -1.91. The van der Waals surface area contributed by atoms with Gasteiger partial charge in [0.1, 0.15) is 0 Å². The lowest BCUT2D eigenvalue weighted by atomic mass is 9.85. The first-order chi connectivity index (χ1) is 61.8. The monoisotopic (exact) mass is 1320 g/mol. The van der Waals surface area contributed by atoms with E-state index in [1.807, 2.05) is 152 Å². The third-order valence-corrected chi connectivity index (χ3v) is 19.2. The zero-order valence-electron chi connectivity index (χ0n) is 81.0. The summed E-state index contributed by atoms with van der Waals surface area (Å²) in [5.41, 5.74) is 4.31. The van der Waals surface area contributed by atoms with Gasteiger partial charge in [-0.3, -0.25) is 0 Å². The van der Waals surface area contributed by atoms with Crippen LogP contribution in [0.15, 0.2) is 400 Å². The number of hydrogen-bond donors (Lipinski definition) is 0. The molecule has 0 atom stereocenters. The third-order valence-electron chi connectivity index (χ3n) is 19.2. The standard InChI is InChI=1S/3C34H22/c3*1-2-11-25(12-3-1)33-28-14-6-8-16-30(28)34(31-17-9-7-15-29(31)33)26-21-20-24-19-18-23-10-4-5-13-27(23)32(24)22-26/h3*1-22H/i1D,6D,7D,8D,9D,11D,12D,14D,15D,16D,17D;1D,6D,7D,8D,9D,14D,15D,16D,17D;1D,6D,8D,11D,12D,14D,16D. The van der Waals surface area contributed by atoms with E-state index >= 15 is 0 Å². The second kappa shape index (κ2) is 25.5.